The molecule has 3 nitrogen and oxygen atoms in total. The molecule has 0 amide bonds. The van der Waals surface area contributed by atoms with E-state index < -0.39 is 0 Å². The van der Waals surface area contributed by atoms with E-state index in [2.05, 4.69) is 11.8 Å². The summed E-state index contributed by atoms with van der Waals surface area (Å²) in [6.07, 6.45) is 0. The van der Waals surface area contributed by atoms with Crippen molar-refractivity contribution in [3.63, 3.8) is 0 Å². The van der Waals surface area contributed by atoms with Crippen LogP contribution in [0.2, 0.25) is 0 Å². The van der Waals surface area contributed by atoms with E-state index in [9.17, 15) is 5.11 Å². The highest BCUT2D eigenvalue weighted by Crippen LogP contribution is 2.36. The summed E-state index contributed by atoms with van der Waals surface area (Å²) >= 11 is 0. The summed E-state index contributed by atoms with van der Waals surface area (Å²) in [4.78, 5) is 2.13. The molecule has 112 valence electrons. The van der Waals surface area contributed by atoms with Crippen LogP contribution in [0.25, 0.3) is 11.1 Å². The lowest BCUT2D eigenvalue weighted by Gasteiger charge is -2.18. The summed E-state index contributed by atoms with van der Waals surface area (Å²) in [5, 5.41) is 10.4. The largest absolute Gasteiger partial charge is 0.504 e. The summed E-state index contributed by atoms with van der Waals surface area (Å²) in [7, 11) is 4.09. The maximum absolute atomic E-state index is 10.4. The highest BCUT2D eigenvalue weighted by molar-refractivity contribution is 5.73. The van der Waals surface area contributed by atoms with Gasteiger partial charge in [0.1, 0.15) is 0 Å². The van der Waals surface area contributed by atoms with Crippen LogP contribution in [0, 0.1) is 5.92 Å². The molecule has 1 atom stereocenters. The number of para-hydroxylation sites is 1. The van der Waals surface area contributed by atoms with Gasteiger partial charge in [-0.25, -0.2) is 0 Å². The molecule has 2 aromatic carbocycles. The van der Waals surface area contributed by atoms with Crippen LogP contribution in [0.4, 0.5) is 0 Å². The third-order valence-electron chi connectivity index (χ3n) is 3.28. The normalized spacial score (nSPS) is 12.4. The van der Waals surface area contributed by atoms with Crippen LogP contribution in [0.3, 0.4) is 0 Å². The third-order valence-corrected chi connectivity index (χ3v) is 3.28. The van der Waals surface area contributed by atoms with Crippen LogP contribution in [0.1, 0.15) is 6.92 Å². The molecular weight excluding hydrogens is 262 g/mol. The summed E-state index contributed by atoms with van der Waals surface area (Å²) in [5.41, 5.74) is 1.79. The van der Waals surface area contributed by atoms with Crippen LogP contribution in [0.15, 0.2) is 48.5 Å². The predicted molar refractivity (Wildman–Crippen MR) is 86.8 cm³/mol. The minimum Gasteiger partial charge on any atom is -0.504 e. The smallest absolute Gasteiger partial charge is 0.165 e. The Morgan fingerprint density at radius 1 is 1.05 bits per heavy atom. The van der Waals surface area contributed by atoms with Crippen molar-refractivity contribution in [1.29, 1.82) is 0 Å². The zero-order valence-corrected chi connectivity index (χ0v) is 12.9. The van der Waals surface area contributed by atoms with Gasteiger partial charge in [-0.15, -0.1) is 0 Å². The van der Waals surface area contributed by atoms with Gasteiger partial charge in [0, 0.05) is 18.0 Å². The molecule has 0 saturated heterocycles. The van der Waals surface area contributed by atoms with Crippen molar-refractivity contribution in [2.45, 2.75) is 6.92 Å². The molecule has 0 saturated carbocycles. The Morgan fingerprint density at radius 2 is 1.76 bits per heavy atom. The summed E-state index contributed by atoms with van der Waals surface area (Å²) in [6.45, 7) is 3.68. The minimum absolute atomic E-state index is 0.209. The second-order valence-electron chi connectivity index (χ2n) is 5.70. The molecule has 3 heteroatoms. The Morgan fingerprint density at radius 3 is 2.43 bits per heavy atom. The number of phenols is 1. The van der Waals surface area contributed by atoms with Gasteiger partial charge < -0.3 is 14.7 Å². The van der Waals surface area contributed by atoms with E-state index >= 15 is 0 Å². The van der Waals surface area contributed by atoms with Crippen LogP contribution in [-0.2, 0) is 0 Å². The fourth-order valence-electron chi connectivity index (χ4n) is 2.40. The maximum Gasteiger partial charge on any atom is 0.165 e. The lowest BCUT2D eigenvalue weighted by molar-refractivity contribution is 0.216. The minimum atomic E-state index is 0.209. The Labute approximate surface area is 126 Å². The van der Waals surface area contributed by atoms with Gasteiger partial charge in [0.05, 0.1) is 6.61 Å². The topological polar surface area (TPSA) is 32.7 Å². The van der Waals surface area contributed by atoms with Crippen molar-refractivity contribution in [2.24, 2.45) is 5.92 Å². The number of benzene rings is 2. The maximum atomic E-state index is 10.4. The fraction of sp³-hybridized carbons (Fsp3) is 0.333. The molecule has 0 aliphatic heterocycles. The zero-order valence-electron chi connectivity index (χ0n) is 12.9. The summed E-state index contributed by atoms with van der Waals surface area (Å²) in [6, 6.07) is 15.5. The highest BCUT2D eigenvalue weighted by Gasteiger charge is 2.11. The van der Waals surface area contributed by atoms with E-state index in [1.807, 2.05) is 62.6 Å². The highest BCUT2D eigenvalue weighted by atomic mass is 16.5. The predicted octanol–water partition coefficient (Wildman–Crippen LogP) is 3.64. The summed E-state index contributed by atoms with van der Waals surface area (Å²) < 4.78 is 5.78. The van der Waals surface area contributed by atoms with Crippen molar-refractivity contribution in [1.82, 2.24) is 4.90 Å². The van der Waals surface area contributed by atoms with Crippen molar-refractivity contribution < 1.29 is 9.84 Å². The van der Waals surface area contributed by atoms with Gasteiger partial charge in [-0.1, -0.05) is 49.4 Å². The monoisotopic (exact) mass is 285 g/mol. The first-order valence-corrected chi connectivity index (χ1v) is 7.23. The van der Waals surface area contributed by atoms with Gasteiger partial charge in [-0.2, -0.15) is 0 Å². The van der Waals surface area contributed by atoms with Crippen molar-refractivity contribution in [2.75, 3.05) is 27.2 Å². The molecule has 0 aliphatic carbocycles. The molecule has 0 fully saturated rings. The first-order valence-electron chi connectivity index (χ1n) is 7.23. The Kier molecular flexibility index (Phi) is 5.23. The lowest BCUT2D eigenvalue weighted by Crippen LogP contribution is -2.24. The van der Waals surface area contributed by atoms with Gasteiger partial charge >= 0.3 is 0 Å². The van der Waals surface area contributed by atoms with Gasteiger partial charge in [-0.3, -0.25) is 0 Å². The third kappa shape index (κ3) is 4.23. The van der Waals surface area contributed by atoms with Crippen molar-refractivity contribution in [3.05, 3.63) is 48.5 Å². The summed E-state index contributed by atoms with van der Waals surface area (Å²) in [5.74, 6) is 1.16. The van der Waals surface area contributed by atoms with E-state index in [0.717, 1.165) is 17.7 Å². The molecule has 0 spiro atoms. The molecule has 0 radical (unpaired) electrons. The number of phenolic OH excluding ortho intramolecular Hbond substituents is 1. The number of nitrogens with zero attached hydrogens (tertiary/aromatic N) is 1. The van der Waals surface area contributed by atoms with Gasteiger partial charge in [-0.05, 0) is 25.7 Å². The van der Waals surface area contributed by atoms with Crippen LogP contribution in [0.5, 0.6) is 11.5 Å². The van der Waals surface area contributed by atoms with Gasteiger partial charge in [0.15, 0.2) is 11.5 Å². The van der Waals surface area contributed by atoms with E-state index in [-0.39, 0.29) is 5.75 Å². The number of aromatic hydroxyl groups is 1. The SMILES string of the molecule is C[C@@H](COc1cccc(-c2ccccc2)c1O)CN(C)C. The van der Waals surface area contributed by atoms with Crippen LogP contribution >= 0.6 is 0 Å². The number of hydrogen-bond acceptors (Lipinski definition) is 3. The van der Waals surface area contributed by atoms with Gasteiger partial charge in [0.2, 0.25) is 0 Å². The van der Waals surface area contributed by atoms with Crippen molar-refractivity contribution >= 4 is 0 Å². The average Bonchev–Trinajstić information content (AvgIpc) is 2.46. The molecule has 0 unspecified atom stereocenters. The Bertz CT molecular complexity index is 567. The first-order chi connectivity index (χ1) is 10.1. The molecule has 0 aromatic heterocycles. The first kappa shape index (κ1) is 15.4. The standard InChI is InChI=1S/C18H23NO2/c1-14(12-19(2)3)13-21-17-11-7-10-16(18(17)20)15-8-5-4-6-9-15/h4-11,14,20H,12-13H2,1-3H3/t14-/m1/s1. The average molecular weight is 285 g/mol. The number of rotatable bonds is 6. The molecule has 0 heterocycles. The second-order valence-corrected chi connectivity index (χ2v) is 5.70. The number of ether oxygens (including phenoxy) is 1. The molecular formula is C18H23NO2. The van der Waals surface area contributed by atoms with Crippen molar-refractivity contribution in [3.8, 4) is 22.6 Å². The second kappa shape index (κ2) is 7.14. The molecule has 2 rings (SSSR count). The molecule has 0 bridgehead atoms. The fourth-order valence-corrected chi connectivity index (χ4v) is 2.40. The van der Waals surface area contributed by atoms with E-state index in [4.69, 9.17) is 4.74 Å². The van der Waals surface area contributed by atoms with E-state index in [1.165, 1.54) is 0 Å². The zero-order chi connectivity index (χ0) is 15.2. The Balaban J connectivity index is 2.12. The molecule has 0 aliphatic rings. The van der Waals surface area contributed by atoms with E-state index in [0.29, 0.717) is 18.3 Å². The quantitative estimate of drug-likeness (QED) is 0.879. The van der Waals surface area contributed by atoms with Crippen LogP contribution in [-0.4, -0.2) is 37.3 Å². The van der Waals surface area contributed by atoms with Crippen LogP contribution < -0.4 is 4.74 Å². The molecule has 2 aromatic rings. The molecule has 21 heavy (non-hydrogen) atoms. The Hall–Kier alpha value is -2.00. The lowest BCUT2D eigenvalue weighted by atomic mass is 10.0. The molecule has 1 N–H and O–H groups in total. The van der Waals surface area contributed by atoms with Gasteiger partial charge in [0.25, 0.3) is 0 Å². The number of hydrogen-bond donors (Lipinski definition) is 1. The van der Waals surface area contributed by atoms with E-state index in [1.54, 1.807) is 0 Å².